The third kappa shape index (κ3) is 2.54. The second-order valence-corrected chi connectivity index (χ2v) is 4.60. The van der Waals surface area contributed by atoms with Crippen molar-refractivity contribution in [1.29, 1.82) is 0 Å². The van der Waals surface area contributed by atoms with E-state index in [-0.39, 0.29) is 0 Å². The summed E-state index contributed by atoms with van der Waals surface area (Å²) in [6, 6.07) is 18.3. The molecule has 1 fully saturated rings. The molecule has 2 nitrogen and oxygen atoms in total. The lowest BCUT2D eigenvalue weighted by molar-refractivity contribution is 0.482. The second kappa shape index (κ2) is 5.23. The van der Waals surface area contributed by atoms with Gasteiger partial charge < -0.3 is 4.74 Å². The van der Waals surface area contributed by atoms with Crippen LogP contribution in [0.15, 0.2) is 54.6 Å². The minimum Gasteiger partial charge on any atom is -0.457 e. The largest absolute Gasteiger partial charge is 0.457 e. The van der Waals surface area contributed by atoms with Gasteiger partial charge in [0.1, 0.15) is 11.5 Å². The monoisotopic (exact) mass is 238 g/mol. The first-order valence-corrected chi connectivity index (χ1v) is 6.38. The van der Waals surface area contributed by atoms with Crippen LogP contribution < -0.4 is 10.1 Å². The van der Waals surface area contributed by atoms with Crippen molar-refractivity contribution in [2.75, 3.05) is 13.1 Å². The molecule has 1 heterocycles. The maximum absolute atomic E-state index is 5.77. The molecule has 0 amide bonds. The van der Waals surface area contributed by atoms with Crippen molar-refractivity contribution < 1.29 is 4.74 Å². The lowest BCUT2D eigenvalue weighted by atomic mass is 9.98. The molecule has 0 aliphatic carbocycles. The molecular weight excluding hydrogens is 222 g/mol. The van der Waals surface area contributed by atoms with E-state index in [9.17, 15) is 0 Å². The summed E-state index contributed by atoms with van der Waals surface area (Å²) >= 11 is 0. The van der Waals surface area contributed by atoms with Crippen LogP contribution in [0.25, 0.3) is 0 Å². The van der Waals surface area contributed by atoms with E-state index < -0.39 is 0 Å². The summed E-state index contributed by atoms with van der Waals surface area (Å²) in [7, 11) is 0. The van der Waals surface area contributed by atoms with E-state index in [4.69, 9.17) is 4.74 Å². The molecule has 1 radical (unpaired) electrons. The van der Waals surface area contributed by atoms with Crippen molar-refractivity contribution in [2.24, 2.45) is 0 Å². The number of para-hydroxylation sites is 1. The summed E-state index contributed by atoms with van der Waals surface area (Å²) in [5, 5.41) is 4.40. The van der Waals surface area contributed by atoms with Crippen LogP contribution in [0.5, 0.6) is 11.5 Å². The zero-order chi connectivity index (χ0) is 12.2. The number of hydrogen-bond donors (Lipinski definition) is 0. The Morgan fingerprint density at radius 1 is 0.889 bits per heavy atom. The van der Waals surface area contributed by atoms with Crippen molar-refractivity contribution in [2.45, 2.75) is 12.3 Å². The van der Waals surface area contributed by atoms with Gasteiger partial charge in [-0.3, -0.25) is 0 Å². The molecule has 2 aromatic rings. The smallest absolute Gasteiger partial charge is 0.127 e. The molecule has 2 heteroatoms. The van der Waals surface area contributed by atoms with Crippen molar-refractivity contribution in [3.05, 3.63) is 60.2 Å². The SMILES string of the molecule is c1ccc(Oc2ccc(C3CC[N]C3)cc2)cc1. The van der Waals surface area contributed by atoms with Gasteiger partial charge in [0.25, 0.3) is 0 Å². The summed E-state index contributed by atoms with van der Waals surface area (Å²) in [5.74, 6) is 2.37. The van der Waals surface area contributed by atoms with Crippen LogP contribution in [-0.4, -0.2) is 13.1 Å². The van der Waals surface area contributed by atoms with Crippen LogP contribution in [0.2, 0.25) is 0 Å². The van der Waals surface area contributed by atoms with Gasteiger partial charge in [-0.1, -0.05) is 30.3 Å². The van der Waals surface area contributed by atoms with Crippen molar-refractivity contribution in [3.8, 4) is 11.5 Å². The van der Waals surface area contributed by atoms with Crippen molar-refractivity contribution >= 4 is 0 Å². The molecule has 0 N–H and O–H groups in total. The highest BCUT2D eigenvalue weighted by molar-refractivity contribution is 5.34. The summed E-state index contributed by atoms with van der Waals surface area (Å²) in [6.45, 7) is 1.98. The van der Waals surface area contributed by atoms with Gasteiger partial charge in [-0.2, -0.15) is 0 Å². The fraction of sp³-hybridized carbons (Fsp3) is 0.250. The Morgan fingerprint density at radius 3 is 2.28 bits per heavy atom. The predicted molar refractivity (Wildman–Crippen MR) is 72.2 cm³/mol. The maximum atomic E-state index is 5.77. The number of rotatable bonds is 3. The highest BCUT2D eigenvalue weighted by atomic mass is 16.5. The molecule has 1 saturated heterocycles. The third-order valence-electron chi connectivity index (χ3n) is 3.32. The Labute approximate surface area is 108 Å². The summed E-state index contributed by atoms with van der Waals surface area (Å²) < 4.78 is 5.77. The number of benzene rings is 2. The molecule has 0 bridgehead atoms. The molecule has 2 aromatic carbocycles. The van der Waals surface area contributed by atoms with Crippen molar-refractivity contribution in [1.82, 2.24) is 5.32 Å². The molecule has 1 aliphatic rings. The van der Waals surface area contributed by atoms with Crippen LogP contribution in [0.3, 0.4) is 0 Å². The number of ether oxygens (including phenoxy) is 1. The standard InChI is InChI=1S/C16H16NO/c1-2-4-15(5-3-1)18-16-8-6-13(7-9-16)14-10-11-17-12-14/h1-9,14H,10-12H2. The van der Waals surface area contributed by atoms with E-state index in [1.807, 2.05) is 42.5 Å². The highest BCUT2D eigenvalue weighted by Crippen LogP contribution is 2.26. The molecule has 1 atom stereocenters. The Hall–Kier alpha value is -1.80. The normalized spacial score (nSPS) is 18.8. The third-order valence-corrected chi connectivity index (χ3v) is 3.32. The molecule has 18 heavy (non-hydrogen) atoms. The number of nitrogens with zero attached hydrogens (tertiary/aromatic N) is 1. The van der Waals surface area contributed by atoms with Crippen LogP contribution in [0.1, 0.15) is 17.9 Å². The first-order valence-electron chi connectivity index (χ1n) is 6.38. The molecule has 0 spiro atoms. The molecule has 1 unspecified atom stereocenters. The molecule has 0 aromatic heterocycles. The predicted octanol–water partition coefficient (Wildman–Crippen LogP) is 3.57. The highest BCUT2D eigenvalue weighted by Gasteiger charge is 2.17. The molecule has 3 rings (SSSR count). The Morgan fingerprint density at radius 2 is 1.61 bits per heavy atom. The quantitative estimate of drug-likeness (QED) is 0.801. The van der Waals surface area contributed by atoms with E-state index in [2.05, 4.69) is 17.4 Å². The summed E-state index contributed by atoms with van der Waals surface area (Å²) in [6.07, 6.45) is 1.18. The van der Waals surface area contributed by atoms with E-state index in [1.54, 1.807) is 0 Å². The van der Waals surface area contributed by atoms with Gasteiger partial charge in [-0.15, -0.1) is 0 Å². The molecule has 1 aliphatic heterocycles. The Bertz CT molecular complexity index is 486. The first-order chi connectivity index (χ1) is 8.92. The molecule has 0 saturated carbocycles. The van der Waals surface area contributed by atoms with E-state index in [1.165, 1.54) is 12.0 Å². The fourth-order valence-corrected chi connectivity index (χ4v) is 2.29. The average molecular weight is 238 g/mol. The second-order valence-electron chi connectivity index (χ2n) is 4.60. The fourth-order valence-electron chi connectivity index (χ4n) is 2.29. The average Bonchev–Trinajstić information content (AvgIpc) is 2.95. The minimum absolute atomic E-state index is 0.607. The zero-order valence-corrected chi connectivity index (χ0v) is 10.3. The van der Waals surface area contributed by atoms with Gasteiger partial charge in [-0.25, -0.2) is 5.32 Å². The van der Waals surface area contributed by atoms with Crippen molar-refractivity contribution in [3.63, 3.8) is 0 Å². The van der Waals surface area contributed by atoms with Crippen LogP contribution in [0.4, 0.5) is 0 Å². The van der Waals surface area contributed by atoms with Crippen LogP contribution in [0, 0.1) is 0 Å². The zero-order valence-electron chi connectivity index (χ0n) is 10.3. The maximum Gasteiger partial charge on any atom is 0.127 e. The van der Waals surface area contributed by atoms with Gasteiger partial charge in [0, 0.05) is 13.1 Å². The van der Waals surface area contributed by atoms with Crippen LogP contribution in [-0.2, 0) is 0 Å². The summed E-state index contributed by atoms with van der Waals surface area (Å²) in [4.78, 5) is 0. The topological polar surface area (TPSA) is 23.3 Å². The molecule has 91 valence electrons. The van der Waals surface area contributed by atoms with E-state index in [0.29, 0.717) is 5.92 Å². The Balaban J connectivity index is 1.71. The van der Waals surface area contributed by atoms with E-state index >= 15 is 0 Å². The summed E-state index contributed by atoms with van der Waals surface area (Å²) in [5.41, 5.74) is 1.37. The van der Waals surface area contributed by atoms with Crippen LogP contribution >= 0.6 is 0 Å². The van der Waals surface area contributed by atoms with Gasteiger partial charge in [0.15, 0.2) is 0 Å². The minimum atomic E-state index is 0.607. The van der Waals surface area contributed by atoms with Gasteiger partial charge >= 0.3 is 0 Å². The molecular formula is C16H16NO. The lowest BCUT2D eigenvalue weighted by Gasteiger charge is -2.10. The van der Waals surface area contributed by atoms with Gasteiger partial charge in [0.2, 0.25) is 0 Å². The van der Waals surface area contributed by atoms with E-state index in [0.717, 1.165) is 24.6 Å². The first kappa shape index (κ1) is 11.3. The van der Waals surface area contributed by atoms with Gasteiger partial charge in [-0.05, 0) is 42.2 Å². The lowest BCUT2D eigenvalue weighted by Crippen LogP contribution is -2.00. The number of hydrogen-bond acceptors (Lipinski definition) is 1. The Kier molecular flexibility index (Phi) is 3.29. The van der Waals surface area contributed by atoms with Gasteiger partial charge in [0.05, 0.1) is 0 Å².